The molecule has 0 fully saturated rings. The van der Waals surface area contributed by atoms with Crippen LogP contribution in [-0.2, 0) is 6.54 Å². The Kier molecular flexibility index (Phi) is 5.43. The van der Waals surface area contributed by atoms with Crippen LogP contribution in [0, 0.1) is 6.92 Å². The number of nitrogens with one attached hydrogen (secondary N) is 1. The Hall–Kier alpha value is -0.930. The second-order valence-corrected chi connectivity index (χ2v) is 4.44. The Labute approximate surface area is 98.9 Å². The minimum Gasteiger partial charge on any atom is -0.309 e. The number of rotatable bonds is 6. The summed E-state index contributed by atoms with van der Waals surface area (Å²) in [6.45, 7) is 9.47. The highest BCUT2D eigenvalue weighted by atomic mass is 15.1. The predicted molar refractivity (Wildman–Crippen MR) is 68.4 cm³/mol. The van der Waals surface area contributed by atoms with Gasteiger partial charge in [-0.05, 0) is 39.1 Å². The van der Waals surface area contributed by atoms with Crippen molar-refractivity contribution >= 4 is 0 Å². The summed E-state index contributed by atoms with van der Waals surface area (Å²) >= 11 is 0. The van der Waals surface area contributed by atoms with Crippen molar-refractivity contribution in [1.82, 2.24) is 15.2 Å². The van der Waals surface area contributed by atoms with Gasteiger partial charge in [-0.3, -0.25) is 4.98 Å². The smallest absolute Gasteiger partial charge is 0.0372 e. The van der Waals surface area contributed by atoms with E-state index in [0.717, 1.165) is 25.3 Å². The molecular formula is C13H23N3. The van der Waals surface area contributed by atoms with Crippen LogP contribution in [0.3, 0.4) is 0 Å². The van der Waals surface area contributed by atoms with Gasteiger partial charge < -0.3 is 10.2 Å². The molecule has 1 aromatic heterocycles. The molecule has 0 aliphatic carbocycles. The average Bonchev–Trinajstić information content (AvgIpc) is 2.28. The van der Waals surface area contributed by atoms with Crippen LogP contribution in [-0.4, -0.2) is 36.1 Å². The van der Waals surface area contributed by atoms with Crippen LogP contribution in [0.5, 0.6) is 0 Å². The molecule has 1 atom stereocenters. The summed E-state index contributed by atoms with van der Waals surface area (Å²) < 4.78 is 0. The highest BCUT2D eigenvalue weighted by Crippen LogP contribution is 1.99. The van der Waals surface area contributed by atoms with Crippen molar-refractivity contribution in [3.63, 3.8) is 0 Å². The highest BCUT2D eigenvalue weighted by molar-refractivity contribution is 5.12. The van der Waals surface area contributed by atoms with Crippen LogP contribution in [0.2, 0.25) is 0 Å². The Morgan fingerprint density at radius 3 is 2.75 bits per heavy atom. The summed E-state index contributed by atoms with van der Waals surface area (Å²) in [4.78, 5) is 6.59. The third-order valence-electron chi connectivity index (χ3n) is 2.75. The maximum atomic E-state index is 4.28. The molecule has 0 saturated heterocycles. The van der Waals surface area contributed by atoms with E-state index in [1.807, 2.05) is 13.1 Å². The van der Waals surface area contributed by atoms with Gasteiger partial charge in [0.2, 0.25) is 0 Å². The minimum atomic E-state index is 0.506. The summed E-state index contributed by atoms with van der Waals surface area (Å²) in [5.74, 6) is 0. The van der Waals surface area contributed by atoms with Crippen LogP contribution in [0.25, 0.3) is 0 Å². The summed E-state index contributed by atoms with van der Waals surface area (Å²) in [6.07, 6.45) is 1.94. The molecule has 0 spiro atoms. The number of likely N-dealkylation sites (N-methyl/N-ethyl adjacent to an activating group) is 1. The number of nitrogens with zero attached hydrogens (tertiary/aromatic N) is 2. The molecule has 0 aliphatic rings. The number of pyridine rings is 1. The first-order chi connectivity index (χ1) is 7.61. The van der Waals surface area contributed by atoms with Gasteiger partial charge >= 0.3 is 0 Å². The van der Waals surface area contributed by atoms with Crippen LogP contribution in [0.15, 0.2) is 18.3 Å². The molecule has 1 N–H and O–H groups in total. The molecule has 16 heavy (non-hydrogen) atoms. The van der Waals surface area contributed by atoms with Crippen molar-refractivity contribution in [2.24, 2.45) is 0 Å². The van der Waals surface area contributed by atoms with Gasteiger partial charge in [-0.1, -0.05) is 13.0 Å². The molecule has 0 aliphatic heterocycles. The largest absolute Gasteiger partial charge is 0.309 e. The zero-order valence-corrected chi connectivity index (χ0v) is 10.8. The van der Waals surface area contributed by atoms with E-state index in [2.05, 4.69) is 48.2 Å². The Morgan fingerprint density at radius 2 is 2.19 bits per heavy atom. The zero-order chi connectivity index (χ0) is 12.0. The fraction of sp³-hybridized carbons (Fsp3) is 0.615. The van der Waals surface area contributed by atoms with Gasteiger partial charge in [0.25, 0.3) is 0 Å². The summed E-state index contributed by atoms with van der Waals surface area (Å²) in [5, 5.41) is 3.50. The van der Waals surface area contributed by atoms with Gasteiger partial charge in [-0.15, -0.1) is 0 Å². The number of hydrogen-bond acceptors (Lipinski definition) is 3. The van der Waals surface area contributed by atoms with Gasteiger partial charge in [0.1, 0.15) is 0 Å². The first-order valence-corrected chi connectivity index (χ1v) is 5.95. The standard InChI is InChI=1S/C13H23N3/c1-5-16(4)10-12(3)15-9-13-7-6-11(2)14-8-13/h6-8,12,15H,5,9-10H2,1-4H3. The van der Waals surface area contributed by atoms with Crippen molar-refractivity contribution in [3.8, 4) is 0 Å². The second kappa shape index (κ2) is 6.61. The molecule has 0 amide bonds. The molecule has 3 heteroatoms. The lowest BCUT2D eigenvalue weighted by Crippen LogP contribution is -2.36. The first kappa shape index (κ1) is 13.1. The third kappa shape index (κ3) is 4.73. The second-order valence-electron chi connectivity index (χ2n) is 4.44. The molecule has 0 bridgehead atoms. The molecule has 0 radical (unpaired) electrons. The highest BCUT2D eigenvalue weighted by Gasteiger charge is 2.04. The van der Waals surface area contributed by atoms with E-state index in [1.165, 1.54) is 5.56 Å². The van der Waals surface area contributed by atoms with Crippen LogP contribution < -0.4 is 5.32 Å². The van der Waals surface area contributed by atoms with E-state index in [1.54, 1.807) is 0 Å². The van der Waals surface area contributed by atoms with Crippen molar-refractivity contribution in [3.05, 3.63) is 29.6 Å². The third-order valence-corrected chi connectivity index (χ3v) is 2.75. The summed E-state index contributed by atoms with van der Waals surface area (Å²) in [7, 11) is 2.14. The van der Waals surface area contributed by atoms with Crippen molar-refractivity contribution < 1.29 is 0 Å². The number of aryl methyl sites for hydroxylation is 1. The van der Waals surface area contributed by atoms with Gasteiger partial charge in [0, 0.05) is 31.0 Å². The molecule has 1 unspecified atom stereocenters. The lowest BCUT2D eigenvalue weighted by molar-refractivity contribution is 0.309. The number of aromatic nitrogens is 1. The molecule has 1 heterocycles. The average molecular weight is 221 g/mol. The topological polar surface area (TPSA) is 28.2 Å². The molecule has 0 saturated carbocycles. The van der Waals surface area contributed by atoms with Crippen molar-refractivity contribution in [2.75, 3.05) is 20.1 Å². The maximum absolute atomic E-state index is 4.28. The molecular weight excluding hydrogens is 198 g/mol. The fourth-order valence-corrected chi connectivity index (χ4v) is 1.56. The lowest BCUT2D eigenvalue weighted by Gasteiger charge is -2.20. The lowest BCUT2D eigenvalue weighted by atomic mass is 10.2. The van der Waals surface area contributed by atoms with E-state index in [0.29, 0.717) is 6.04 Å². The van der Waals surface area contributed by atoms with E-state index in [4.69, 9.17) is 0 Å². The summed E-state index contributed by atoms with van der Waals surface area (Å²) in [6, 6.07) is 4.69. The zero-order valence-electron chi connectivity index (χ0n) is 10.8. The Morgan fingerprint density at radius 1 is 1.44 bits per heavy atom. The molecule has 3 nitrogen and oxygen atoms in total. The van der Waals surface area contributed by atoms with Gasteiger partial charge in [-0.2, -0.15) is 0 Å². The number of hydrogen-bond donors (Lipinski definition) is 1. The van der Waals surface area contributed by atoms with Gasteiger partial charge in [0.05, 0.1) is 0 Å². The molecule has 1 aromatic rings. The van der Waals surface area contributed by atoms with E-state index < -0.39 is 0 Å². The van der Waals surface area contributed by atoms with Gasteiger partial charge in [0.15, 0.2) is 0 Å². The van der Waals surface area contributed by atoms with Crippen molar-refractivity contribution in [1.29, 1.82) is 0 Å². The van der Waals surface area contributed by atoms with Crippen LogP contribution in [0.4, 0.5) is 0 Å². The SMILES string of the molecule is CCN(C)CC(C)NCc1ccc(C)nc1. The predicted octanol–water partition coefficient (Wildman–Crippen LogP) is 1.82. The first-order valence-electron chi connectivity index (χ1n) is 5.95. The quantitative estimate of drug-likeness (QED) is 0.794. The monoisotopic (exact) mass is 221 g/mol. The molecule has 90 valence electrons. The minimum absolute atomic E-state index is 0.506. The van der Waals surface area contributed by atoms with E-state index in [9.17, 15) is 0 Å². The van der Waals surface area contributed by atoms with Gasteiger partial charge in [-0.25, -0.2) is 0 Å². The van der Waals surface area contributed by atoms with Crippen molar-refractivity contribution in [2.45, 2.75) is 33.4 Å². The van der Waals surface area contributed by atoms with Crippen LogP contribution >= 0.6 is 0 Å². The normalized spacial score (nSPS) is 13.1. The Balaban J connectivity index is 2.31. The Bertz CT molecular complexity index is 295. The van der Waals surface area contributed by atoms with E-state index >= 15 is 0 Å². The molecule has 1 rings (SSSR count). The maximum Gasteiger partial charge on any atom is 0.0372 e. The van der Waals surface area contributed by atoms with Crippen LogP contribution in [0.1, 0.15) is 25.1 Å². The summed E-state index contributed by atoms with van der Waals surface area (Å²) in [5.41, 5.74) is 2.32. The fourth-order valence-electron chi connectivity index (χ4n) is 1.56. The van der Waals surface area contributed by atoms with E-state index in [-0.39, 0.29) is 0 Å². The molecule has 0 aromatic carbocycles.